The van der Waals surface area contributed by atoms with Crippen LogP contribution in [-0.4, -0.2) is 23.5 Å². The third-order valence-corrected chi connectivity index (χ3v) is 8.34. The maximum atomic E-state index is 10.2. The first-order valence-electron chi connectivity index (χ1n) is 14.2. The summed E-state index contributed by atoms with van der Waals surface area (Å²) < 4.78 is 6.68. The zero-order chi connectivity index (χ0) is 28.5. The second kappa shape index (κ2) is 8.90. The lowest BCUT2D eigenvalue weighted by Crippen LogP contribution is -2.00. The molecule has 0 unspecified atom stereocenters. The summed E-state index contributed by atoms with van der Waals surface area (Å²) in [6, 6.07) is 43.9. The molecule has 0 fully saturated rings. The Hall–Kier alpha value is -6.19. The number of nitrogens with zero attached hydrogens (tertiary/aromatic N) is 6. The fourth-order valence-electron chi connectivity index (χ4n) is 6.56. The lowest BCUT2D eigenvalue weighted by Gasteiger charge is -2.15. The zero-order valence-corrected chi connectivity index (χ0v) is 22.9. The number of pyridine rings is 1. The summed E-state index contributed by atoms with van der Waals surface area (Å²) in [7, 11) is 0. The number of hydrogen-bond donors (Lipinski definition) is 0. The van der Waals surface area contributed by atoms with Crippen molar-refractivity contribution in [1.82, 2.24) is 23.5 Å². The molecule has 43 heavy (non-hydrogen) atoms. The fraction of sp³-hybridized carbons (Fsp3) is 0. The molecule has 4 heterocycles. The molecule has 0 saturated carbocycles. The van der Waals surface area contributed by atoms with Gasteiger partial charge in [0.1, 0.15) is 0 Å². The zero-order valence-electron chi connectivity index (χ0n) is 22.9. The average Bonchev–Trinajstić information content (AvgIpc) is 3.71. The summed E-state index contributed by atoms with van der Waals surface area (Å²) in [5.74, 6) is 0.849. The fourth-order valence-corrected chi connectivity index (χ4v) is 6.56. The molecule has 6 heteroatoms. The van der Waals surface area contributed by atoms with Crippen LogP contribution in [0, 0.1) is 11.3 Å². The molecule has 0 bridgehead atoms. The van der Waals surface area contributed by atoms with Gasteiger partial charge in [-0.1, -0.05) is 60.7 Å². The first kappa shape index (κ1) is 23.5. The monoisotopic (exact) mass is 550 g/mol. The standard InChI is InChI=1S/C37H22N6/c38-22-24-19-25(21-26(20-24)41-32-13-5-2-10-28(32)29-23-39-18-17-33(29)41)27-9-1-4-12-31(27)42-35-15-7-8-16-36(35)43-34-14-6-3-11-30(34)40-37(42)43/h1-21,23H. The van der Waals surface area contributed by atoms with Gasteiger partial charge in [-0.05, 0) is 66.2 Å². The molecular weight excluding hydrogens is 528 g/mol. The van der Waals surface area contributed by atoms with Crippen molar-refractivity contribution in [3.05, 3.63) is 139 Å². The number of nitriles is 1. The maximum absolute atomic E-state index is 10.2. The number of para-hydroxylation sites is 6. The molecule has 5 aromatic carbocycles. The number of fused-ring (bicyclic) bond motifs is 8. The Balaban J connectivity index is 1.35. The summed E-state index contributed by atoms with van der Waals surface area (Å²) >= 11 is 0. The smallest absolute Gasteiger partial charge is 0.220 e. The van der Waals surface area contributed by atoms with E-state index < -0.39 is 0 Å². The second-order valence-corrected chi connectivity index (χ2v) is 10.7. The number of rotatable bonds is 3. The first-order chi connectivity index (χ1) is 21.3. The van der Waals surface area contributed by atoms with Crippen LogP contribution < -0.4 is 0 Å². The molecule has 0 spiro atoms. The van der Waals surface area contributed by atoms with Gasteiger partial charge < -0.3 is 4.57 Å². The number of hydrogen-bond acceptors (Lipinski definition) is 3. The number of imidazole rings is 2. The van der Waals surface area contributed by atoms with E-state index in [2.05, 4.69) is 110 Å². The highest BCUT2D eigenvalue weighted by Crippen LogP contribution is 2.37. The molecule has 0 aliphatic heterocycles. The van der Waals surface area contributed by atoms with Gasteiger partial charge in [0.05, 0.1) is 50.4 Å². The Labute approximate surface area is 245 Å². The van der Waals surface area contributed by atoms with E-state index in [0.717, 1.165) is 72.2 Å². The van der Waals surface area contributed by atoms with Crippen LogP contribution >= 0.6 is 0 Å². The first-order valence-corrected chi connectivity index (χ1v) is 14.2. The molecule has 0 radical (unpaired) electrons. The Morgan fingerprint density at radius 1 is 0.605 bits per heavy atom. The van der Waals surface area contributed by atoms with Gasteiger partial charge in [-0.25, -0.2) is 4.98 Å². The van der Waals surface area contributed by atoms with Crippen molar-refractivity contribution in [2.75, 3.05) is 0 Å². The van der Waals surface area contributed by atoms with E-state index in [1.165, 1.54) is 0 Å². The summed E-state index contributed by atoms with van der Waals surface area (Å²) in [5.41, 5.74) is 10.8. The van der Waals surface area contributed by atoms with Crippen LogP contribution in [0.3, 0.4) is 0 Å². The summed E-state index contributed by atoms with van der Waals surface area (Å²) in [6.07, 6.45) is 3.73. The van der Waals surface area contributed by atoms with Gasteiger partial charge in [-0.2, -0.15) is 5.26 Å². The predicted molar refractivity (Wildman–Crippen MR) is 172 cm³/mol. The van der Waals surface area contributed by atoms with Crippen LogP contribution in [-0.2, 0) is 0 Å². The van der Waals surface area contributed by atoms with Gasteiger partial charge in [0.2, 0.25) is 5.78 Å². The molecule has 9 rings (SSSR count). The molecule has 0 aliphatic rings. The van der Waals surface area contributed by atoms with Gasteiger partial charge in [-0.15, -0.1) is 0 Å². The number of aromatic nitrogens is 5. The topological polar surface area (TPSA) is 63.8 Å². The normalized spacial score (nSPS) is 11.7. The van der Waals surface area contributed by atoms with Crippen molar-refractivity contribution in [3.63, 3.8) is 0 Å². The van der Waals surface area contributed by atoms with Gasteiger partial charge in [-0.3, -0.25) is 14.0 Å². The molecule has 0 N–H and O–H groups in total. The predicted octanol–water partition coefficient (Wildman–Crippen LogP) is 8.46. The molecule has 4 aromatic heterocycles. The van der Waals surface area contributed by atoms with Gasteiger partial charge in [0, 0.05) is 34.4 Å². The lowest BCUT2D eigenvalue weighted by atomic mass is 10.00. The van der Waals surface area contributed by atoms with Crippen LogP contribution in [0.1, 0.15) is 5.56 Å². The summed E-state index contributed by atoms with van der Waals surface area (Å²) in [5, 5.41) is 12.4. The van der Waals surface area contributed by atoms with Gasteiger partial charge in [0.15, 0.2) is 0 Å². The molecule has 200 valence electrons. The lowest BCUT2D eigenvalue weighted by molar-refractivity contribution is 1.11. The van der Waals surface area contributed by atoms with Gasteiger partial charge >= 0.3 is 0 Å². The van der Waals surface area contributed by atoms with E-state index in [9.17, 15) is 5.26 Å². The molecule has 0 atom stereocenters. The summed E-state index contributed by atoms with van der Waals surface area (Å²) in [6.45, 7) is 0. The van der Waals surface area contributed by atoms with Crippen molar-refractivity contribution in [2.45, 2.75) is 0 Å². The minimum absolute atomic E-state index is 0.594. The van der Waals surface area contributed by atoms with Crippen LogP contribution in [0.4, 0.5) is 0 Å². The van der Waals surface area contributed by atoms with Crippen molar-refractivity contribution < 1.29 is 0 Å². The highest BCUT2D eigenvalue weighted by atomic mass is 15.2. The van der Waals surface area contributed by atoms with Crippen molar-refractivity contribution >= 4 is 49.7 Å². The van der Waals surface area contributed by atoms with E-state index in [4.69, 9.17) is 4.98 Å². The van der Waals surface area contributed by atoms with Crippen molar-refractivity contribution in [1.29, 1.82) is 5.26 Å². The molecule has 0 amide bonds. The minimum atomic E-state index is 0.594. The minimum Gasteiger partial charge on any atom is -0.309 e. The third-order valence-electron chi connectivity index (χ3n) is 8.34. The summed E-state index contributed by atoms with van der Waals surface area (Å²) in [4.78, 5) is 9.49. The van der Waals surface area contributed by atoms with Crippen molar-refractivity contribution in [2.24, 2.45) is 0 Å². The Morgan fingerprint density at radius 2 is 1.33 bits per heavy atom. The van der Waals surface area contributed by atoms with Crippen LogP contribution in [0.15, 0.2) is 134 Å². The van der Waals surface area contributed by atoms with Crippen LogP contribution in [0.2, 0.25) is 0 Å². The highest BCUT2D eigenvalue weighted by molar-refractivity contribution is 6.09. The van der Waals surface area contributed by atoms with E-state index in [1.807, 2.05) is 48.8 Å². The molecule has 0 saturated heterocycles. The van der Waals surface area contributed by atoms with Crippen LogP contribution in [0.25, 0.3) is 72.2 Å². The molecule has 0 aliphatic carbocycles. The van der Waals surface area contributed by atoms with E-state index in [-0.39, 0.29) is 0 Å². The molecule has 9 aromatic rings. The van der Waals surface area contributed by atoms with Crippen LogP contribution in [0.5, 0.6) is 0 Å². The van der Waals surface area contributed by atoms with E-state index in [1.54, 1.807) is 0 Å². The quantitative estimate of drug-likeness (QED) is 0.222. The second-order valence-electron chi connectivity index (χ2n) is 10.7. The van der Waals surface area contributed by atoms with E-state index in [0.29, 0.717) is 5.56 Å². The largest absolute Gasteiger partial charge is 0.309 e. The highest BCUT2D eigenvalue weighted by Gasteiger charge is 2.20. The van der Waals surface area contributed by atoms with Crippen molar-refractivity contribution in [3.8, 4) is 28.6 Å². The van der Waals surface area contributed by atoms with E-state index >= 15 is 0 Å². The Morgan fingerprint density at radius 3 is 2.21 bits per heavy atom. The van der Waals surface area contributed by atoms with Gasteiger partial charge in [0.25, 0.3) is 0 Å². The Bertz CT molecular complexity index is 2540. The SMILES string of the molecule is N#Cc1cc(-c2ccccc2-n2c3ccccc3n3c4ccccc4nc23)cc(-n2c3ccccc3c3cnccc32)c1. The maximum Gasteiger partial charge on any atom is 0.220 e. The Kier molecular flexibility index (Phi) is 4.87. The molecule has 6 nitrogen and oxygen atoms in total. The average molecular weight is 551 g/mol. The molecular formula is C37H22N6. The number of benzene rings is 5. The third kappa shape index (κ3) is 3.33.